The van der Waals surface area contributed by atoms with Gasteiger partial charge in [0, 0.05) is 30.7 Å². The summed E-state index contributed by atoms with van der Waals surface area (Å²) in [6.07, 6.45) is 2.80. The monoisotopic (exact) mass is 369 g/mol. The van der Waals surface area contributed by atoms with Crippen LogP contribution in [0.3, 0.4) is 0 Å². The largest absolute Gasteiger partial charge is 0.344 e. The van der Waals surface area contributed by atoms with Gasteiger partial charge >= 0.3 is 0 Å². The number of aromatic nitrogens is 2. The standard InChI is InChI=1S/C19H19N3O3S/c1-14-5-7-15(8-6-14)19(23)18-10-9-16(22(18)2)12-21-26(24,25)17-4-3-11-20-13-17/h3-11,13,21H,12H2,1-2H3. The number of rotatable bonds is 6. The van der Waals surface area contributed by atoms with Crippen molar-refractivity contribution < 1.29 is 13.2 Å². The van der Waals surface area contributed by atoms with Gasteiger partial charge in [-0.25, -0.2) is 13.1 Å². The number of aryl methyl sites for hydroxylation is 1. The average molecular weight is 369 g/mol. The second kappa shape index (κ2) is 7.23. The zero-order valence-electron chi connectivity index (χ0n) is 14.5. The summed E-state index contributed by atoms with van der Waals surface area (Å²) >= 11 is 0. The quantitative estimate of drug-likeness (QED) is 0.677. The molecule has 0 spiro atoms. The molecule has 6 nitrogen and oxygen atoms in total. The smallest absolute Gasteiger partial charge is 0.242 e. The van der Waals surface area contributed by atoms with Gasteiger partial charge in [-0.3, -0.25) is 9.78 Å². The number of benzene rings is 1. The van der Waals surface area contributed by atoms with Gasteiger partial charge in [-0.2, -0.15) is 0 Å². The molecule has 2 heterocycles. The molecule has 0 atom stereocenters. The van der Waals surface area contributed by atoms with Crippen LogP contribution >= 0.6 is 0 Å². The molecule has 0 bridgehead atoms. The minimum absolute atomic E-state index is 0.0783. The highest BCUT2D eigenvalue weighted by Gasteiger charge is 2.17. The number of sulfonamides is 1. The molecule has 1 aromatic carbocycles. The minimum Gasteiger partial charge on any atom is -0.344 e. The van der Waals surface area contributed by atoms with Crippen molar-refractivity contribution in [1.82, 2.24) is 14.3 Å². The Morgan fingerprint density at radius 1 is 1.12 bits per heavy atom. The van der Waals surface area contributed by atoms with E-state index in [4.69, 9.17) is 0 Å². The van der Waals surface area contributed by atoms with Crippen molar-refractivity contribution in [3.8, 4) is 0 Å². The van der Waals surface area contributed by atoms with Gasteiger partial charge in [0.2, 0.25) is 15.8 Å². The van der Waals surface area contributed by atoms with Gasteiger partial charge in [0.05, 0.1) is 12.2 Å². The Balaban J connectivity index is 1.77. The Kier molecular flexibility index (Phi) is 5.01. The first-order valence-corrected chi connectivity index (χ1v) is 9.52. The fourth-order valence-electron chi connectivity index (χ4n) is 2.57. The first kappa shape index (κ1) is 18.0. The molecule has 0 radical (unpaired) electrons. The third-order valence-corrected chi connectivity index (χ3v) is 5.55. The van der Waals surface area contributed by atoms with Gasteiger partial charge < -0.3 is 4.57 Å². The molecule has 0 unspecified atom stereocenters. The predicted octanol–water partition coefficient (Wildman–Crippen LogP) is 2.44. The number of carbonyl (C=O) groups excluding carboxylic acids is 1. The number of hydrogen-bond acceptors (Lipinski definition) is 4. The first-order valence-electron chi connectivity index (χ1n) is 8.04. The Hall–Kier alpha value is -2.77. The van der Waals surface area contributed by atoms with Crippen LogP contribution in [0.25, 0.3) is 0 Å². The van der Waals surface area contributed by atoms with Crippen LogP contribution in [0.5, 0.6) is 0 Å². The maximum atomic E-state index is 12.6. The summed E-state index contributed by atoms with van der Waals surface area (Å²) in [7, 11) is -1.91. The van der Waals surface area contributed by atoms with E-state index >= 15 is 0 Å². The second-order valence-electron chi connectivity index (χ2n) is 5.98. The average Bonchev–Trinajstić information content (AvgIpc) is 3.01. The highest BCUT2D eigenvalue weighted by molar-refractivity contribution is 7.89. The lowest BCUT2D eigenvalue weighted by atomic mass is 10.1. The summed E-state index contributed by atoms with van der Waals surface area (Å²) in [5, 5.41) is 0. The fourth-order valence-corrected chi connectivity index (χ4v) is 3.53. The normalized spacial score (nSPS) is 11.5. The molecule has 134 valence electrons. The van der Waals surface area contributed by atoms with E-state index in [0.717, 1.165) is 5.56 Å². The summed E-state index contributed by atoms with van der Waals surface area (Å²) in [4.78, 5) is 16.6. The number of nitrogens with zero attached hydrogens (tertiary/aromatic N) is 2. The molecule has 1 N–H and O–H groups in total. The fraction of sp³-hybridized carbons (Fsp3) is 0.158. The van der Waals surface area contributed by atoms with Crippen LogP contribution in [0.15, 0.2) is 65.8 Å². The van der Waals surface area contributed by atoms with E-state index in [-0.39, 0.29) is 17.2 Å². The highest BCUT2D eigenvalue weighted by Crippen LogP contribution is 2.15. The molecule has 2 aromatic heterocycles. The molecular formula is C19H19N3O3S. The lowest BCUT2D eigenvalue weighted by Gasteiger charge is -2.09. The van der Waals surface area contributed by atoms with Crippen LogP contribution in [-0.2, 0) is 23.6 Å². The van der Waals surface area contributed by atoms with E-state index in [1.165, 1.54) is 18.5 Å². The molecule has 0 aliphatic heterocycles. The summed E-state index contributed by atoms with van der Waals surface area (Å²) in [5.41, 5.74) is 2.87. The van der Waals surface area contributed by atoms with E-state index in [2.05, 4.69) is 9.71 Å². The van der Waals surface area contributed by atoms with Gasteiger partial charge in [-0.15, -0.1) is 0 Å². The summed E-state index contributed by atoms with van der Waals surface area (Å²) in [6.45, 7) is 2.04. The van der Waals surface area contributed by atoms with Gasteiger partial charge in [-0.1, -0.05) is 29.8 Å². The number of pyridine rings is 1. The molecule has 3 aromatic rings. The molecule has 26 heavy (non-hydrogen) atoms. The lowest BCUT2D eigenvalue weighted by Crippen LogP contribution is -2.24. The zero-order valence-corrected chi connectivity index (χ0v) is 15.3. The maximum Gasteiger partial charge on any atom is 0.242 e. The number of hydrogen-bond donors (Lipinski definition) is 1. The van der Waals surface area contributed by atoms with Crippen molar-refractivity contribution in [2.24, 2.45) is 7.05 Å². The van der Waals surface area contributed by atoms with Crippen molar-refractivity contribution >= 4 is 15.8 Å². The van der Waals surface area contributed by atoms with Crippen LogP contribution in [0, 0.1) is 6.92 Å². The topological polar surface area (TPSA) is 81.1 Å². The molecule has 0 saturated carbocycles. The molecule has 0 aliphatic carbocycles. The lowest BCUT2D eigenvalue weighted by molar-refractivity contribution is 0.103. The Morgan fingerprint density at radius 2 is 1.85 bits per heavy atom. The molecule has 0 fully saturated rings. The van der Waals surface area contributed by atoms with Crippen molar-refractivity contribution in [2.75, 3.05) is 0 Å². The van der Waals surface area contributed by atoms with Crippen molar-refractivity contribution in [2.45, 2.75) is 18.4 Å². The van der Waals surface area contributed by atoms with Crippen LogP contribution in [0.2, 0.25) is 0 Å². The highest BCUT2D eigenvalue weighted by atomic mass is 32.2. The number of nitrogens with one attached hydrogen (secondary N) is 1. The third-order valence-electron chi connectivity index (χ3n) is 4.16. The van der Waals surface area contributed by atoms with Crippen molar-refractivity contribution in [1.29, 1.82) is 0 Å². The van der Waals surface area contributed by atoms with Crippen LogP contribution in [-0.4, -0.2) is 23.8 Å². The Bertz CT molecular complexity index is 1020. The van der Waals surface area contributed by atoms with Crippen molar-refractivity contribution in [3.05, 3.63) is 83.4 Å². The summed E-state index contributed by atoms with van der Waals surface area (Å²) in [5.74, 6) is -0.103. The van der Waals surface area contributed by atoms with Gasteiger partial charge in [0.15, 0.2) is 0 Å². The number of ketones is 1. The molecular weight excluding hydrogens is 350 g/mol. The Morgan fingerprint density at radius 3 is 2.50 bits per heavy atom. The summed E-state index contributed by atoms with van der Waals surface area (Å²) in [6, 6.07) is 13.8. The first-order chi connectivity index (χ1) is 12.4. The van der Waals surface area contributed by atoms with Gasteiger partial charge in [0.25, 0.3) is 0 Å². The predicted molar refractivity (Wildman–Crippen MR) is 98.3 cm³/mol. The molecule has 0 saturated heterocycles. The molecule has 0 amide bonds. The summed E-state index contributed by atoms with van der Waals surface area (Å²) < 4.78 is 28.8. The molecule has 7 heteroatoms. The number of carbonyl (C=O) groups is 1. The van der Waals surface area contributed by atoms with E-state index in [1.54, 1.807) is 41.9 Å². The Labute approximate surface area is 152 Å². The van der Waals surface area contributed by atoms with Crippen LogP contribution in [0.1, 0.15) is 27.3 Å². The minimum atomic E-state index is -3.65. The van der Waals surface area contributed by atoms with Crippen LogP contribution in [0.4, 0.5) is 0 Å². The van der Waals surface area contributed by atoms with Crippen LogP contribution < -0.4 is 4.72 Å². The SMILES string of the molecule is Cc1ccc(C(=O)c2ccc(CNS(=O)(=O)c3cccnc3)n2C)cc1. The van der Waals surface area contributed by atoms with Gasteiger partial charge in [0.1, 0.15) is 4.90 Å². The maximum absolute atomic E-state index is 12.6. The van der Waals surface area contributed by atoms with E-state index in [9.17, 15) is 13.2 Å². The third kappa shape index (κ3) is 3.74. The molecule has 0 aliphatic rings. The van der Waals surface area contributed by atoms with E-state index < -0.39 is 10.0 Å². The zero-order chi connectivity index (χ0) is 18.7. The van der Waals surface area contributed by atoms with Crippen molar-refractivity contribution in [3.63, 3.8) is 0 Å². The van der Waals surface area contributed by atoms with E-state index in [0.29, 0.717) is 17.0 Å². The van der Waals surface area contributed by atoms with E-state index in [1.807, 2.05) is 19.1 Å². The van der Waals surface area contributed by atoms with Gasteiger partial charge in [-0.05, 0) is 31.2 Å². The second-order valence-corrected chi connectivity index (χ2v) is 7.74. The molecule has 3 rings (SSSR count).